The molecule has 1 saturated heterocycles. The van der Waals surface area contributed by atoms with E-state index in [1.165, 1.54) is 13.3 Å². The maximum atomic E-state index is 11.5. The number of methoxy groups -OCH3 is 1. The summed E-state index contributed by atoms with van der Waals surface area (Å²) < 4.78 is 28.0. The van der Waals surface area contributed by atoms with Gasteiger partial charge in [-0.25, -0.2) is 13.4 Å². The predicted molar refractivity (Wildman–Crippen MR) is 67.1 cm³/mol. The third-order valence-electron chi connectivity index (χ3n) is 3.37. The van der Waals surface area contributed by atoms with Gasteiger partial charge in [-0.2, -0.15) is 5.26 Å². The molecule has 1 aliphatic rings. The molecule has 1 aromatic rings. The molecule has 19 heavy (non-hydrogen) atoms. The van der Waals surface area contributed by atoms with E-state index in [-0.39, 0.29) is 17.9 Å². The van der Waals surface area contributed by atoms with E-state index < -0.39 is 21.4 Å². The Morgan fingerprint density at radius 1 is 1.58 bits per heavy atom. The van der Waals surface area contributed by atoms with Crippen LogP contribution in [0.4, 0.5) is 0 Å². The summed E-state index contributed by atoms with van der Waals surface area (Å²) in [7, 11) is -1.79. The summed E-state index contributed by atoms with van der Waals surface area (Å²) in [6.07, 6.45) is 0.361. The lowest BCUT2D eigenvalue weighted by molar-refractivity contribution is 0.0789. The topological polar surface area (TPSA) is 100 Å². The quantitative estimate of drug-likeness (QED) is 0.864. The molecule has 0 aromatic carbocycles. The van der Waals surface area contributed by atoms with Gasteiger partial charge in [0.1, 0.15) is 11.5 Å². The zero-order chi connectivity index (χ0) is 14.1. The standard InChI is InChI=1S/C12H14N2O4S/c1-18-10-3-2-9(6-14-10)11(15)12(7-13)4-5-19(16,17)8-12/h2-3,6,11,15H,4-5,8H2,1H3. The van der Waals surface area contributed by atoms with E-state index in [0.29, 0.717) is 11.4 Å². The first-order valence-electron chi connectivity index (χ1n) is 5.72. The van der Waals surface area contributed by atoms with Gasteiger partial charge in [0, 0.05) is 17.8 Å². The highest BCUT2D eigenvalue weighted by atomic mass is 32.2. The molecule has 6 nitrogen and oxygen atoms in total. The second-order valence-corrected chi connectivity index (χ2v) is 6.83. The third kappa shape index (κ3) is 2.55. The third-order valence-corrected chi connectivity index (χ3v) is 5.15. The van der Waals surface area contributed by atoms with Crippen molar-refractivity contribution in [2.75, 3.05) is 18.6 Å². The fourth-order valence-corrected chi connectivity index (χ4v) is 4.20. The highest BCUT2D eigenvalue weighted by molar-refractivity contribution is 7.91. The summed E-state index contributed by atoms with van der Waals surface area (Å²) in [6.45, 7) is 0. The van der Waals surface area contributed by atoms with Gasteiger partial charge in [-0.15, -0.1) is 0 Å². The summed E-state index contributed by atoms with van der Waals surface area (Å²) in [6, 6.07) is 5.12. The zero-order valence-corrected chi connectivity index (χ0v) is 11.2. The van der Waals surface area contributed by atoms with Gasteiger partial charge in [0.15, 0.2) is 9.84 Å². The first kappa shape index (κ1) is 13.8. The van der Waals surface area contributed by atoms with Crippen LogP contribution >= 0.6 is 0 Å². The molecule has 2 unspecified atom stereocenters. The second-order valence-electron chi connectivity index (χ2n) is 4.65. The first-order chi connectivity index (χ1) is 8.92. The van der Waals surface area contributed by atoms with Crippen molar-refractivity contribution in [2.24, 2.45) is 5.41 Å². The van der Waals surface area contributed by atoms with Crippen LogP contribution in [-0.4, -0.2) is 37.1 Å². The van der Waals surface area contributed by atoms with Crippen LogP contribution in [0.1, 0.15) is 18.1 Å². The number of ether oxygens (including phenoxy) is 1. The largest absolute Gasteiger partial charge is 0.481 e. The lowest BCUT2D eigenvalue weighted by atomic mass is 9.80. The van der Waals surface area contributed by atoms with Crippen molar-refractivity contribution in [3.63, 3.8) is 0 Å². The molecule has 1 N–H and O–H groups in total. The molecule has 0 amide bonds. The number of hydrogen-bond acceptors (Lipinski definition) is 6. The molecule has 0 saturated carbocycles. The molecule has 1 fully saturated rings. The molecule has 102 valence electrons. The van der Waals surface area contributed by atoms with Crippen molar-refractivity contribution < 1.29 is 18.3 Å². The Kier molecular flexibility index (Phi) is 3.47. The highest BCUT2D eigenvalue weighted by Crippen LogP contribution is 2.42. The number of aliphatic hydroxyl groups excluding tert-OH is 1. The molecule has 2 heterocycles. The average Bonchev–Trinajstić information content (AvgIpc) is 2.75. The van der Waals surface area contributed by atoms with Crippen LogP contribution in [0.5, 0.6) is 5.88 Å². The number of hydrogen-bond donors (Lipinski definition) is 1. The van der Waals surface area contributed by atoms with E-state index in [1.54, 1.807) is 12.1 Å². The van der Waals surface area contributed by atoms with E-state index >= 15 is 0 Å². The lowest BCUT2D eigenvalue weighted by Crippen LogP contribution is -2.29. The molecular formula is C12H14N2O4S. The van der Waals surface area contributed by atoms with Crippen LogP contribution in [0.25, 0.3) is 0 Å². The number of aromatic nitrogens is 1. The van der Waals surface area contributed by atoms with Crippen molar-refractivity contribution in [3.8, 4) is 11.9 Å². The molecule has 7 heteroatoms. The van der Waals surface area contributed by atoms with Crippen molar-refractivity contribution in [3.05, 3.63) is 23.9 Å². The molecule has 0 radical (unpaired) electrons. The minimum Gasteiger partial charge on any atom is -0.481 e. The van der Waals surface area contributed by atoms with Crippen LogP contribution in [0.15, 0.2) is 18.3 Å². The Morgan fingerprint density at radius 3 is 2.74 bits per heavy atom. The fraction of sp³-hybridized carbons (Fsp3) is 0.500. The lowest BCUT2D eigenvalue weighted by Gasteiger charge is -2.25. The number of aliphatic hydroxyl groups is 1. The predicted octanol–water partition coefficient (Wildman–Crippen LogP) is 0.452. The van der Waals surface area contributed by atoms with E-state index in [9.17, 15) is 18.8 Å². The van der Waals surface area contributed by atoms with E-state index in [1.807, 2.05) is 6.07 Å². The number of nitrogens with zero attached hydrogens (tertiary/aromatic N) is 2. The number of sulfone groups is 1. The first-order valence-corrected chi connectivity index (χ1v) is 7.54. The van der Waals surface area contributed by atoms with Crippen LogP contribution in [0.3, 0.4) is 0 Å². The van der Waals surface area contributed by atoms with Crippen molar-refractivity contribution >= 4 is 9.84 Å². The van der Waals surface area contributed by atoms with Gasteiger partial charge in [-0.05, 0) is 12.5 Å². The maximum Gasteiger partial charge on any atom is 0.212 e. The monoisotopic (exact) mass is 282 g/mol. The average molecular weight is 282 g/mol. The number of rotatable bonds is 3. The van der Waals surface area contributed by atoms with Crippen molar-refractivity contribution in [2.45, 2.75) is 12.5 Å². The van der Waals surface area contributed by atoms with Crippen molar-refractivity contribution in [1.82, 2.24) is 4.98 Å². The number of nitriles is 1. The normalized spacial score (nSPS) is 26.6. The Labute approximate surface area is 111 Å². The minimum absolute atomic E-state index is 0.0683. The molecule has 0 aliphatic carbocycles. The summed E-state index contributed by atoms with van der Waals surface area (Å²) in [5.74, 6) is 0.00579. The summed E-state index contributed by atoms with van der Waals surface area (Å²) >= 11 is 0. The molecule has 2 rings (SSSR count). The summed E-state index contributed by atoms with van der Waals surface area (Å²) in [5, 5.41) is 19.6. The van der Waals surface area contributed by atoms with Gasteiger partial charge in [-0.3, -0.25) is 0 Å². The van der Waals surface area contributed by atoms with E-state index in [0.717, 1.165) is 0 Å². The van der Waals surface area contributed by atoms with Gasteiger partial charge in [0.05, 0.1) is 24.7 Å². The second kappa shape index (κ2) is 4.79. The van der Waals surface area contributed by atoms with Gasteiger partial charge in [-0.1, -0.05) is 0 Å². The van der Waals surface area contributed by atoms with Gasteiger partial charge < -0.3 is 9.84 Å². The summed E-state index contributed by atoms with van der Waals surface area (Å²) in [4.78, 5) is 3.95. The Morgan fingerprint density at radius 2 is 2.32 bits per heavy atom. The van der Waals surface area contributed by atoms with Gasteiger partial charge in [0.2, 0.25) is 5.88 Å². The summed E-state index contributed by atoms with van der Waals surface area (Å²) in [5.41, 5.74) is -0.866. The Hall–Kier alpha value is -1.65. The van der Waals surface area contributed by atoms with E-state index in [2.05, 4.69) is 4.98 Å². The van der Waals surface area contributed by atoms with Gasteiger partial charge >= 0.3 is 0 Å². The molecule has 0 spiro atoms. The molecule has 1 aromatic heterocycles. The molecule has 1 aliphatic heterocycles. The van der Waals surface area contributed by atoms with Crippen LogP contribution in [0.2, 0.25) is 0 Å². The smallest absolute Gasteiger partial charge is 0.212 e. The zero-order valence-electron chi connectivity index (χ0n) is 10.4. The highest BCUT2D eigenvalue weighted by Gasteiger charge is 2.48. The number of pyridine rings is 1. The molecular weight excluding hydrogens is 268 g/mol. The fourth-order valence-electron chi connectivity index (χ4n) is 2.23. The van der Waals surface area contributed by atoms with Crippen LogP contribution in [-0.2, 0) is 9.84 Å². The molecule has 2 atom stereocenters. The SMILES string of the molecule is COc1ccc(C(O)C2(C#N)CCS(=O)(=O)C2)cn1. The van der Waals surface area contributed by atoms with Crippen LogP contribution in [0, 0.1) is 16.7 Å². The van der Waals surface area contributed by atoms with Crippen molar-refractivity contribution in [1.29, 1.82) is 5.26 Å². The Balaban J connectivity index is 2.31. The maximum absolute atomic E-state index is 11.5. The van der Waals surface area contributed by atoms with Crippen LogP contribution < -0.4 is 4.74 Å². The molecule has 0 bridgehead atoms. The van der Waals surface area contributed by atoms with Gasteiger partial charge in [0.25, 0.3) is 0 Å². The minimum atomic E-state index is -3.26. The van der Waals surface area contributed by atoms with E-state index in [4.69, 9.17) is 4.74 Å². The Bertz CT molecular complexity index is 606.